The van der Waals surface area contributed by atoms with Crippen molar-refractivity contribution in [3.8, 4) is 10.6 Å². The van der Waals surface area contributed by atoms with E-state index in [1.165, 1.54) is 16.7 Å². The summed E-state index contributed by atoms with van der Waals surface area (Å²) in [6.07, 6.45) is 2.98. The highest BCUT2D eigenvalue weighted by Crippen LogP contribution is 2.39. The highest BCUT2D eigenvalue weighted by atomic mass is 32.2. The first-order chi connectivity index (χ1) is 18.5. The number of benzene rings is 3. The number of carbonyl (C=O) groups excluding carboxylic acids is 2. The molecule has 0 spiro atoms. The van der Waals surface area contributed by atoms with Crippen LogP contribution in [0.15, 0.2) is 87.6 Å². The molecule has 6 nitrogen and oxygen atoms in total. The lowest BCUT2D eigenvalue weighted by Crippen LogP contribution is -2.22. The van der Waals surface area contributed by atoms with E-state index in [1.807, 2.05) is 42.2 Å². The van der Waals surface area contributed by atoms with E-state index in [0.717, 1.165) is 44.0 Å². The first-order valence-corrected chi connectivity index (χ1v) is 14.9. The Balaban J connectivity index is 1.17. The fourth-order valence-corrected chi connectivity index (χ4v) is 6.67. The number of thioether (sulfide) groups is 1. The van der Waals surface area contributed by atoms with E-state index in [-0.39, 0.29) is 11.8 Å². The summed E-state index contributed by atoms with van der Waals surface area (Å²) in [5.41, 5.74) is 2.85. The van der Waals surface area contributed by atoms with E-state index in [9.17, 15) is 9.59 Å². The number of hydrogen-bond donors (Lipinski definition) is 2. The first-order valence-electron chi connectivity index (χ1n) is 12.3. The maximum atomic E-state index is 12.9. The van der Waals surface area contributed by atoms with E-state index in [2.05, 4.69) is 58.9 Å². The molecule has 0 fully saturated rings. The van der Waals surface area contributed by atoms with Gasteiger partial charge in [-0.15, -0.1) is 23.1 Å². The summed E-state index contributed by atoms with van der Waals surface area (Å²) in [5, 5.41) is 6.86. The van der Waals surface area contributed by atoms with Crippen LogP contribution in [0.2, 0.25) is 0 Å². The highest BCUT2D eigenvalue weighted by molar-refractivity contribution is 7.99. The molecule has 4 aromatic rings. The summed E-state index contributed by atoms with van der Waals surface area (Å²) in [7, 11) is 4.20. The van der Waals surface area contributed by atoms with Gasteiger partial charge in [-0.2, -0.15) is 0 Å². The molecule has 0 radical (unpaired) electrons. The third kappa shape index (κ3) is 6.47. The Labute approximate surface area is 235 Å². The summed E-state index contributed by atoms with van der Waals surface area (Å²) in [5.74, 6) is 0.735. The molecule has 9 heteroatoms. The maximum absolute atomic E-state index is 12.9. The number of thiazole rings is 1. The molecule has 0 saturated carbocycles. The van der Waals surface area contributed by atoms with Gasteiger partial charge in [0, 0.05) is 36.9 Å². The molecule has 1 aliphatic heterocycles. The first kappa shape index (κ1) is 26.5. The predicted octanol–water partition coefficient (Wildman–Crippen LogP) is 6.50. The minimum absolute atomic E-state index is 0.169. The van der Waals surface area contributed by atoms with Crippen LogP contribution in [0.4, 0.5) is 5.69 Å². The smallest absolute Gasteiger partial charge is 0.256 e. The van der Waals surface area contributed by atoms with Crippen molar-refractivity contribution in [3.05, 3.63) is 88.9 Å². The zero-order valence-electron chi connectivity index (χ0n) is 21.2. The van der Waals surface area contributed by atoms with Gasteiger partial charge in [0.2, 0.25) is 0 Å². The van der Waals surface area contributed by atoms with Gasteiger partial charge in [-0.3, -0.25) is 9.59 Å². The third-order valence-electron chi connectivity index (χ3n) is 5.94. The highest BCUT2D eigenvalue weighted by Gasteiger charge is 2.20. The summed E-state index contributed by atoms with van der Waals surface area (Å²) < 4.78 is 0. The Morgan fingerprint density at radius 3 is 2.68 bits per heavy atom. The van der Waals surface area contributed by atoms with Crippen LogP contribution in [0.25, 0.3) is 10.6 Å². The lowest BCUT2D eigenvalue weighted by Gasteiger charge is -2.09. The van der Waals surface area contributed by atoms with Crippen LogP contribution in [0.3, 0.4) is 0 Å². The molecule has 2 N–H and O–H groups in total. The third-order valence-corrected chi connectivity index (χ3v) is 9.23. The normalized spacial score (nSPS) is 12.4. The van der Waals surface area contributed by atoms with Gasteiger partial charge < -0.3 is 15.5 Å². The number of fused-ring (bicyclic) bond motifs is 2. The van der Waals surface area contributed by atoms with Crippen molar-refractivity contribution >= 4 is 52.4 Å². The van der Waals surface area contributed by atoms with E-state index in [4.69, 9.17) is 0 Å². The van der Waals surface area contributed by atoms with Crippen LogP contribution in [0.5, 0.6) is 0 Å². The second kappa shape index (κ2) is 12.2. The van der Waals surface area contributed by atoms with E-state index < -0.39 is 0 Å². The van der Waals surface area contributed by atoms with Crippen LogP contribution < -0.4 is 10.6 Å². The fourth-order valence-electron chi connectivity index (χ4n) is 3.97. The average molecular weight is 561 g/mol. The molecule has 0 atom stereocenters. The Bertz CT molecular complexity index is 1450. The lowest BCUT2D eigenvalue weighted by molar-refractivity contribution is 0.0949. The summed E-state index contributed by atoms with van der Waals surface area (Å²) >= 11 is 4.97. The Hall–Kier alpha value is -3.11. The Kier molecular flexibility index (Phi) is 8.48. The van der Waals surface area contributed by atoms with Crippen LogP contribution in [-0.4, -0.2) is 48.1 Å². The molecule has 5 rings (SSSR count). The largest absolute Gasteiger partial charge is 0.347 e. The number of nitrogens with one attached hydrogen (secondary N) is 2. The molecule has 0 bridgehead atoms. The molecular formula is C29H28N4O2S3. The molecule has 194 valence electrons. The zero-order chi connectivity index (χ0) is 26.5. The van der Waals surface area contributed by atoms with E-state index in [0.29, 0.717) is 23.4 Å². The molecule has 0 aliphatic carbocycles. The van der Waals surface area contributed by atoms with Crippen LogP contribution >= 0.6 is 34.9 Å². The number of amides is 2. The molecular weight excluding hydrogens is 533 g/mol. The Morgan fingerprint density at radius 1 is 1.05 bits per heavy atom. The minimum Gasteiger partial charge on any atom is -0.347 e. The predicted molar refractivity (Wildman–Crippen MR) is 158 cm³/mol. The molecule has 2 heterocycles. The number of anilines is 1. The molecule has 1 aromatic heterocycles. The molecule has 3 aromatic carbocycles. The summed E-state index contributed by atoms with van der Waals surface area (Å²) in [4.78, 5) is 36.4. The van der Waals surface area contributed by atoms with Gasteiger partial charge >= 0.3 is 0 Å². The van der Waals surface area contributed by atoms with Crippen LogP contribution in [0.1, 0.15) is 32.0 Å². The van der Waals surface area contributed by atoms with Crippen molar-refractivity contribution in [1.82, 2.24) is 15.2 Å². The van der Waals surface area contributed by atoms with Crippen molar-refractivity contribution < 1.29 is 9.59 Å². The SMILES string of the molecule is CN(C)CCCSc1ccc(-c2ncc(CNC(=O)c3ccc4c(c3)NC(=O)c3ccccc3S4)s2)cc1. The van der Waals surface area contributed by atoms with Gasteiger partial charge in [0.25, 0.3) is 11.8 Å². The molecule has 0 unspecified atom stereocenters. The summed E-state index contributed by atoms with van der Waals surface area (Å²) in [6, 6.07) is 21.4. The van der Waals surface area contributed by atoms with Crippen molar-refractivity contribution in [1.29, 1.82) is 0 Å². The molecule has 0 saturated heterocycles. The van der Waals surface area contributed by atoms with Gasteiger partial charge in [0.05, 0.1) is 17.8 Å². The van der Waals surface area contributed by atoms with Gasteiger partial charge in [0.1, 0.15) is 5.01 Å². The number of carbonyl (C=O) groups is 2. The number of hydrogen-bond acceptors (Lipinski definition) is 7. The second-order valence-electron chi connectivity index (χ2n) is 9.11. The molecule has 38 heavy (non-hydrogen) atoms. The zero-order valence-corrected chi connectivity index (χ0v) is 23.6. The number of rotatable bonds is 9. The number of aromatic nitrogens is 1. The van der Waals surface area contributed by atoms with Gasteiger partial charge in [0.15, 0.2) is 0 Å². The van der Waals surface area contributed by atoms with Crippen molar-refractivity contribution in [2.24, 2.45) is 0 Å². The molecule has 1 aliphatic rings. The molecule has 2 amide bonds. The van der Waals surface area contributed by atoms with Gasteiger partial charge in [-0.05, 0) is 75.3 Å². The minimum atomic E-state index is -0.195. The average Bonchev–Trinajstić information content (AvgIpc) is 3.34. The number of nitrogens with zero attached hydrogens (tertiary/aromatic N) is 2. The quantitative estimate of drug-likeness (QED) is 0.180. The van der Waals surface area contributed by atoms with Gasteiger partial charge in [-0.25, -0.2) is 4.98 Å². The van der Waals surface area contributed by atoms with E-state index >= 15 is 0 Å². The van der Waals surface area contributed by atoms with Crippen LogP contribution in [-0.2, 0) is 6.54 Å². The monoisotopic (exact) mass is 560 g/mol. The van der Waals surface area contributed by atoms with Crippen molar-refractivity contribution in [2.45, 2.75) is 27.7 Å². The topological polar surface area (TPSA) is 74.3 Å². The van der Waals surface area contributed by atoms with Crippen molar-refractivity contribution in [3.63, 3.8) is 0 Å². The van der Waals surface area contributed by atoms with Gasteiger partial charge in [-0.1, -0.05) is 36.0 Å². The van der Waals surface area contributed by atoms with Crippen LogP contribution in [0, 0.1) is 0 Å². The second-order valence-corrected chi connectivity index (χ2v) is 12.5. The van der Waals surface area contributed by atoms with Crippen molar-refractivity contribution in [2.75, 3.05) is 31.7 Å². The van der Waals surface area contributed by atoms with E-state index in [1.54, 1.807) is 29.5 Å². The lowest BCUT2D eigenvalue weighted by atomic mass is 10.1. The fraction of sp³-hybridized carbons (Fsp3) is 0.207. The Morgan fingerprint density at radius 2 is 1.87 bits per heavy atom. The summed E-state index contributed by atoms with van der Waals surface area (Å²) in [6.45, 7) is 1.49. The standard InChI is InChI=1S/C29H28N4O2S3/c1-33(2)14-5-15-36-21-11-8-19(9-12-21)29-31-18-22(37-29)17-30-27(34)20-10-13-26-24(16-20)32-28(35)23-6-3-4-7-25(23)38-26/h3-4,6-13,16,18H,5,14-15,17H2,1-2H3,(H,30,34)(H,32,35). The maximum Gasteiger partial charge on any atom is 0.256 e.